The molecule has 1 aliphatic rings. The lowest BCUT2D eigenvalue weighted by atomic mass is 10.2. The number of carbonyl (C=O) groups excluding carboxylic acids is 1. The predicted molar refractivity (Wildman–Crippen MR) is 102 cm³/mol. The molecule has 2 aromatic carbocycles. The maximum absolute atomic E-state index is 12.5. The molecule has 0 spiro atoms. The lowest BCUT2D eigenvalue weighted by Gasteiger charge is -2.19. The van der Waals surface area contributed by atoms with Gasteiger partial charge in [-0.3, -0.25) is 4.79 Å². The first-order chi connectivity index (χ1) is 13.2. The highest BCUT2D eigenvalue weighted by molar-refractivity contribution is 6.04. The molecule has 7 nitrogen and oxygen atoms in total. The number of anilines is 3. The maximum Gasteiger partial charge on any atom is 0.258 e. The summed E-state index contributed by atoms with van der Waals surface area (Å²) in [6, 6.07) is 15.1. The number of hydrogen-bond acceptors (Lipinski definition) is 6. The van der Waals surface area contributed by atoms with Gasteiger partial charge in [0.25, 0.3) is 5.91 Å². The molecule has 0 atom stereocenters. The van der Waals surface area contributed by atoms with E-state index >= 15 is 0 Å². The van der Waals surface area contributed by atoms with E-state index in [1.54, 1.807) is 18.2 Å². The lowest BCUT2D eigenvalue weighted by molar-refractivity contribution is 0.102. The topological polar surface area (TPSA) is 76.6 Å². The summed E-state index contributed by atoms with van der Waals surface area (Å²) in [5.41, 5.74) is 1.95. The van der Waals surface area contributed by atoms with Crippen molar-refractivity contribution in [2.75, 3.05) is 30.5 Å². The first-order valence-corrected chi connectivity index (χ1v) is 8.52. The Morgan fingerprint density at radius 2 is 1.70 bits per heavy atom. The van der Waals surface area contributed by atoms with E-state index in [0.717, 1.165) is 5.69 Å². The molecular weight excluding hydrogens is 344 g/mol. The van der Waals surface area contributed by atoms with Crippen molar-refractivity contribution in [3.05, 3.63) is 66.5 Å². The minimum atomic E-state index is -0.291. The van der Waals surface area contributed by atoms with Gasteiger partial charge in [-0.15, -0.1) is 0 Å². The van der Waals surface area contributed by atoms with Gasteiger partial charge in [-0.05, 0) is 24.3 Å². The quantitative estimate of drug-likeness (QED) is 0.768. The Labute approximate surface area is 156 Å². The van der Waals surface area contributed by atoms with Crippen LogP contribution in [0.15, 0.2) is 60.9 Å². The van der Waals surface area contributed by atoms with Crippen molar-refractivity contribution in [2.45, 2.75) is 0 Å². The van der Waals surface area contributed by atoms with Crippen molar-refractivity contribution in [3.8, 4) is 11.5 Å². The van der Waals surface area contributed by atoms with E-state index in [0.29, 0.717) is 41.9 Å². The number of benzene rings is 2. The number of para-hydroxylation sites is 1. The van der Waals surface area contributed by atoms with Crippen LogP contribution in [-0.4, -0.2) is 36.1 Å². The van der Waals surface area contributed by atoms with E-state index in [1.807, 2.05) is 42.3 Å². The largest absolute Gasteiger partial charge is 0.486 e. The molecule has 27 heavy (non-hydrogen) atoms. The fourth-order valence-corrected chi connectivity index (χ4v) is 2.70. The van der Waals surface area contributed by atoms with Gasteiger partial charge in [-0.25, -0.2) is 9.97 Å². The molecule has 0 radical (unpaired) electrons. The van der Waals surface area contributed by atoms with Crippen LogP contribution in [0.25, 0.3) is 0 Å². The van der Waals surface area contributed by atoms with Gasteiger partial charge in [-0.2, -0.15) is 0 Å². The summed E-state index contributed by atoms with van der Waals surface area (Å²) in [7, 11) is 1.87. The van der Waals surface area contributed by atoms with Crippen LogP contribution >= 0.6 is 0 Å². The average molecular weight is 362 g/mol. The summed E-state index contributed by atoms with van der Waals surface area (Å²) in [6.45, 7) is 1.02. The van der Waals surface area contributed by atoms with Crippen molar-refractivity contribution in [1.29, 1.82) is 0 Å². The van der Waals surface area contributed by atoms with Crippen molar-refractivity contribution in [3.63, 3.8) is 0 Å². The molecular formula is C20H18N4O3. The number of fused-ring (bicyclic) bond motifs is 1. The van der Waals surface area contributed by atoms with E-state index in [9.17, 15) is 4.79 Å². The van der Waals surface area contributed by atoms with Crippen LogP contribution in [0.2, 0.25) is 0 Å². The van der Waals surface area contributed by atoms with Crippen LogP contribution in [0.4, 0.5) is 17.3 Å². The van der Waals surface area contributed by atoms with Crippen molar-refractivity contribution < 1.29 is 14.3 Å². The molecule has 136 valence electrons. The third-order valence-electron chi connectivity index (χ3n) is 4.14. The average Bonchev–Trinajstić information content (AvgIpc) is 2.74. The molecule has 4 rings (SSSR count). The van der Waals surface area contributed by atoms with Crippen LogP contribution in [0, 0.1) is 0 Å². The Morgan fingerprint density at radius 1 is 1.00 bits per heavy atom. The predicted octanol–water partition coefficient (Wildman–Crippen LogP) is 3.27. The van der Waals surface area contributed by atoms with Crippen molar-refractivity contribution in [2.24, 2.45) is 0 Å². The third kappa shape index (κ3) is 3.67. The second-order valence-corrected chi connectivity index (χ2v) is 5.98. The van der Waals surface area contributed by atoms with Crippen LogP contribution in [0.5, 0.6) is 11.5 Å². The van der Waals surface area contributed by atoms with Crippen LogP contribution in [-0.2, 0) is 0 Å². The Hall–Kier alpha value is -3.61. The second kappa shape index (κ2) is 7.33. The van der Waals surface area contributed by atoms with E-state index < -0.39 is 0 Å². The lowest BCUT2D eigenvalue weighted by Crippen LogP contribution is -2.17. The van der Waals surface area contributed by atoms with Crippen LogP contribution in [0.1, 0.15) is 10.4 Å². The summed E-state index contributed by atoms with van der Waals surface area (Å²) in [6.07, 6.45) is 3.02. The van der Waals surface area contributed by atoms with Gasteiger partial charge < -0.3 is 19.7 Å². The molecule has 0 aliphatic carbocycles. The minimum Gasteiger partial charge on any atom is -0.486 e. The zero-order chi connectivity index (χ0) is 18.6. The Balaban J connectivity index is 1.46. The van der Waals surface area contributed by atoms with Gasteiger partial charge in [0.05, 0.1) is 5.56 Å². The molecule has 0 fully saturated rings. The third-order valence-corrected chi connectivity index (χ3v) is 4.14. The monoisotopic (exact) mass is 362 g/mol. The highest BCUT2D eigenvalue weighted by Gasteiger charge is 2.14. The summed E-state index contributed by atoms with van der Waals surface area (Å²) < 4.78 is 11.0. The standard InChI is InChI=1S/C20H18N4O3/c1-24(16-5-3-2-4-6-16)20-21-12-14(13-22-20)19(25)23-15-7-8-17-18(11-15)27-10-9-26-17/h2-8,11-13H,9-10H2,1H3,(H,23,25). The number of amides is 1. The number of nitrogens with zero attached hydrogens (tertiary/aromatic N) is 3. The summed E-state index contributed by atoms with van der Waals surface area (Å²) in [5, 5.41) is 2.82. The molecule has 0 saturated carbocycles. The highest BCUT2D eigenvalue weighted by Crippen LogP contribution is 2.32. The minimum absolute atomic E-state index is 0.291. The molecule has 0 bridgehead atoms. The van der Waals surface area contributed by atoms with E-state index in [4.69, 9.17) is 9.47 Å². The van der Waals surface area contributed by atoms with E-state index in [2.05, 4.69) is 15.3 Å². The van der Waals surface area contributed by atoms with Crippen LogP contribution in [0.3, 0.4) is 0 Å². The summed E-state index contributed by atoms with van der Waals surface area (Å²) in [5.74, 6) is 1.52. The number of carbonyl (C=O) groups is 1. The number of hydrogen-bond donors (Lipinski definition) is 1. The van der Waals surface area contributed by atoms with Crippen molar-refractivity contribution in [1.82, 2.24) is 9.97 Å². The fraction of sp³-hybridized carbons (Fsp3) is 0.150. The van der Waals surface area contributed by atoms with Gasteiger partial charge in [-0.1, -0.05) is 18.2 Å². The molecule has 1 N–H and O–H groups in total. The number of ether oxygens (including phenoxy) is 2. The first kappa shape index (κ1) is 16.8. The van der Waals surface area contributed by atoms with E-state index in [1.165, 1.54) is 12.4 Å². The van der Waals surface area contributed by atoms with Gasteiger partial charge in [0, 0.05) is 36.9 Å². The maximum atomic E-state index is 12.5. The Bertz CT molecular complexity index is 945. The van der Waals surface area contributed by atoms with Crippen LogP contribution < -0.4 is 19.7 Å². The van der Waals surface area contributed by atoms with Gasteiger partial charge >= 0.3 is 0 Å². The molecule has 0 unspecified atom stereocenters. The molecule has 0 saturated heterocycles. The van der Waals surface area contributed by atoms with Gasteiger partial charge in [0.15, 0.2) is 11.5 Å². The SMILES string of the molecule is CN(c1ccccc1)c1ncc(C(=O)Nc2ccc3c(c2)OCCO3)cn1. The molecule has 1 amide bonds. The van der Waals surface area contributed by atoms with E-state index in [-0.39, 0.29) is 5.91 Å². The highest BCUT2D eigenvalue weighted by atomic mass is 16.6. The molecule has 1 aromatic heterocycles. The van der Waals surface area contributed by atoms with Gasteiger partial charge in [0.2, 0.25) is 5.95 Å². The molecule has 3 aromatic rings. The Morgan fingerprint density at radius 3 is 2.44 bits per heavy atom. The molecule has 7 heteroatoms. The zero-order valence-electron chi connectivity index (χ0n) is 14.8. The Kier molecular flexibility index (Phi) is 4.57. The summed E-state index contributed by atoms with van der Waals surface area (Å²) >= 11 is 0. The smallest absolute Gasteiger partial charge is 0.258 e. The zero-order valence-corrected chi connectivity index (χ0v) is 14.8. The van der Waals surface area contributed by atoms with Crippen molar-refractivity contribution >= 4 is 23.2 Å². The first-order valence-electron chi connectivity index (χ1n) is 8.52. The number of rotatable bonds is 4. The molecule has 2 heterocycles. The number of aromatic nitrogens is 2. The second-order valence-electron chi connectivity index (χ2n) is 5.98. The number of nitrogens with one attached hydrogen (secondary N) is 1. The summed E-state index contributed by atoms with van der Waals surface area (Å²) in [4.78, 5) is 22.9. The molecule has 1 aliphatic heterocycles. The normalized spacial score (nSPS) is 12.3. The fourth-order valence-electron chi connectivity index (χ4n) is 2.70. The van der Waals surface area contributed by atoms with Gasteiger partial charge in [0.1, 0.15) is 13.2 Å².